The van der Waals surface area contributed by atoms with Crippen LogP contribution in [0.3, 0.4) is 0 Å². The van der Waals surface area contributed by atoms with Crippen LogP contribution in [0.2, 0.25) is 0 Å². The summed E-state index contributed by atoms with van der Waals surface area (Å²) < 4.78 is 0. The van der Waals surface area contributed by atoms with Gasteiger partial charge in [-0.25, -0.2) is 0 Å². The van der Waals surface area contributed by atoms with Crippen LogP contribution in [0.25, 0.3) is 0 Å². The minimum absolute atomic E-state index is 0.0201. The van der Waals surface area contributed by atoms with Crippen molar-refractivity contribution < 1.29 is 9.59 Å². The Labute approximate surface area is 130 Å². The Morgan fingerprint density at radius 3 is 2.86 bits per heavy atom. The van der Waals surface area contributed by atoms with Crippen LogP contribution in [0.4, 0.5) is 5.00 Å². The second kappa shape index (κ2) is 6.22. The number of carbonyl (C=O) groups is 2. The number of H-pyrrole nitrogens is 1. The molecular formula is C13H16N6O2S. The van der Waals surface area contributed by atoms with Gasteiger partial charge in [0, 0.05) is 11.9 Å². The second-order valence-corrected chi connectivity index (χ2v) is 6.15. The highest BCUT2D eigenvalue weighted by atomic mass is 32.1. The molecule has 22 heavy (non-hydrogen) atoms. The molecule has 8 nitrogen and oxygen atoms in total. The van der Waals surface area contributed by atoms with Gasteiger partial charge < -0.3 is 10.6 Å². The number of fused-ring (bicyclic) bond motifs is 1. The molecule has 3 rings (SSSR count). The van der Waals surface area contributed by atoms with Crippen LogP contribution in [-0.4, -0.2) is 39.5 Å². The van der Waals surface area contributed by atoms with E-state index in [-0.39, 0.29) is 18.2 Å². The third kappa shape index (κ3) is 2.84. The summed E-state index contributed by atoms with van der Waals surface area (Å²) in [7, 11) is 1.60. The van der Waals surface area contributed by atoms with E-state index in [0.29, 0.717) is 16.4 Å². The van der Waals surface area contributed by atoms with Crippen molar-refractivity contribution in [2.24, 2.45) is 0 Å². The first-order chi connectivity index (χ1) is 10.7. The lowest BCUT2D eigenvalue weighted by atomic mass is 9.95. The van der Waals surface area contributed by atoms with Crippen molar-refractivity contribution in [3.63, 3.8) is 0 Å². The molecule has 3 N–H and O–H groups in total. The smallest absolute Gasteiger partial charge is 0.254 e. The van der Waals surface area contributed by atoms with Crippen molar-refractivity contribution >= 4 is 28.2 Å². The quantitative estimate of drug-likeness (QED) is 0.767. The van der Waals surface area contributed by atoms with Gasteiger partial charge in [-0.2, -0.15) is 5.21 Å². The number of nitrogens with zero attached hydrogens (tertiary/aromatic N) is 3. The van der Waals surface area contributed by atoms with Crippen LogP contribution in [0.5, 0.6) is 0 Å². The van der Waals surface area contributed by atoms with Crippen LogP contribution < -0.4 is 10.6 Å². The number of carbonyl (C=O) groups excluding carboxylic acids is 2. The molecular weight excluding hydrogens is 304 g/mol. The molecule has 2 aromatic heterocycles. The van der Waals surface area contributed by atoms with Crippen LogP contribution in [-0.2, 0) is 24.1 Å². The Kier molecular flexibility index (Phi) is 4.14. The number of amides is 2. The lowest BCUT2D eigenvalue weighted by Crippen LogP contribution is -2.22. The van der Waals surface area contributed by atoms with Gasteiger partial charge in [-0.1, -0.05) is 5.21 Å². The Morgan fingerprint density at radius 2 is 2.14 bits per heavy atom. The molecule has 1 aliphatic rings. The van der Waals surface area contributed by atoms with Gasteiger partial charge in [0.15, 0.2) is 5.82 Å². The molecule has 0 bridgehead atoms. The molecule has 0 spiro atoms. The van der Waals surface area contributed by atoms with E-state index in [1.54, 1.807) is 7.05 Å². The summed E-state index contributed by atoms with van der Waals surface area (Å²) >= 11 is 1.49. The molecule has 0 radical (unpaired) electrons. The number of tetrazole rings is 1. The molecule has 2 aromatic rings. The Hall–Kier alpha value is -2.29. The maximum absolute atomic E-state index is 12.2. The molecule has 9 heteroatoms. The predicted octanol–water partition coefficient (Wildman–Crippen LogP) is 0.681. The standard InChI is InChI=1S/C13H16N6O2S/c1-14-12(21)11-7-4-2-3-5-8(7)22-13(11)15-10(20)6-9-16-18-19-17-9/h2-6H2,1H3,(H,14,21)(H,15,20)(H,16,17,18,19). The van der Waals surface area contributed by atoms with Crippen molar-refractivity contribution in [2.75, 3.05) is 12.4 Å². The van der Waals surface area contributed by atoms with Gasteiger partial charge in [0.05, 0.1) is 12.0 Å². The molecule has 0 aliphatic heterocycles. The maximum atomic E-state index is 12.2. The average Bonchev–Trinajstić information content (AvgIpc) is 3.13. The monoisotopic (exact) mass is 320 g/mol. The summed E-state index contributed by atoms with van der Waals surface area (Å²) in [6, 6.07) is 0. The molecule has 0 aromatic carbocycles. The highest BCUT2D eigenvalue weighted by Crippen LogP contribution is 2.38. The minimum atomic E-state index is -0.259. The average molecular weight is 320 g/mol. The molecule has 0 atom stereocenters. The van der Waals surface area contributed by atoms with Crippen molar-refractivity contribution in [1.29, 1.82) is 0 Å². The SMILES string of the molecule is CNC(=O)c1c(NC(=O)Cc2nn[nH]n2)sc2c1CCCC2. The topological polar surface area (TPSA) is 113 Å². The first-order valence-corrected chi connectivity index (χ1v) is 7.89. The van der Waals surface area contributed by atoms with E-state index in [2.05, 4.69) is 31.3 Å². The molecule has 1 aliphatic carbocycles. The molecule has 0 saturated heterocycles. The normalized spacial score (nSPS) is 13.5. The van der Waals surface area contributed by atoms with Crippen LogP contribution in [0.1, 0.15) is 39.5 Å². The summed E-state index contributed by atoms with van der Waals surface area (Å²) in [5.74, 6) is -0.0975. The number of rotatable bonds is 4. The van der Waals surface area contributed by atoms with Crippen molar-refractivity contribution in [1.82, 2.24) is 25.9 Å². The van der Waals surface area contributed by atoms with E-state index in [1.165, 1.54) is 16.2 Å². The zero-order chi connectivity index (χ0) is 15.5. The van der Waals surface area contributed by atoms with Crippen LogP contribution in [0.15, 0.2) is 0 Å². The third-order valence-electron chi connectivity index (χ3n) is 3.59. The van der Waals surface area contributed by atoms with Crippen LogP contribution in [0, 0.1) is 0 Å². The third-order valence-corrected chi connectivity index (χ3v) is 4.79. The Balaban J connectivity index is 1.84. The van der Waals surface area contributed by atoms with Crippen molar-refractivity contribution in [2.45, 2.75) is 32.1 Å². The number of aromatic nitrogens is 4. The zero-order valence-electron chi connectivity index (χ0n) is 12.1. The lowest BCUT2D eigenvalue weighted by Gasteiger charge is -2.12. The minimum Gasteiger partial charge on any atom is -0.355 e. The molecule has 2 amide bonds. The molecule has 0 unspecified atom stereocenters. The predicted molar refractivity (Wildman–Crippen MR) is 80.9 cm³/mol. The molecule has 0 fully saturated rings. The van der Waals surface area contributed by atoms with E-state index >= 15 is 0 Å². The molecule has 2 heterocycles. The van der Waals surface area contributed by atoms with E-state index in [4.69, 9.17) is 0 Å². The summed E-state index contributed by atoms with van der Waals surface area (Å²) in [6.07, 6.45) is 4.06. The first kappa shape index (κ1) is 14.6. The van der Waals surface area contributed by atoms with Crippen molar-refractivity contribution in [3.05, 3.63) is 21.8 Å². The first-order valence-electron chi connectivity index (χ1n) is 7.08. The number of aryl methyl sites for hydroxylation is 1. The number of hydrogen-bond donors (Lipinski definition) is 3. The fourth-order valence-electron chi connectivity index (χ4n) is 2.59. The van der Waals surface area contributed by atoms with Crippen LogP contribution >= 0.6 is 11.3 Å². The number of anilines is 1. The second-order valence-electron chi connectivity index (χ2n) is 5.05. The van der Waals surface area contributed by atoms with Gasteiger partial charge >= 0.3 is 0 Å². The highest BCUT2D eigenvalue weighted by Gasteiger charge is 2.25. The number of aromatic amines is 1. The van der Waals surface area contributed by atoms with Gasteiger partial charge in [-0.3, -0.25) is 9.59 Å². The summed E-state index contributed by atoms with van der Waals surface area (Å²) in [4.78, 5) is 25.5. The van der Waals surface area contributed by atoms with E-state index in [0.717, 1.165) is 31.2 Å². The molecule has 0 saturated carbocycles. The Bertz CT molecular complexity index is 694. The fraction of sp³-hybridized carbons (Fsp3) is 0.462. The van der Waals surface area contributed by atoms with Crippen molar-refractivity contribution in [3.8, 4) is 0 Å². The van der Waals surface area contributed by atoms with Gasteiger partial charge in [0.2, 0.25) is 5.91 Å². The number of nitrogens with one attached hydrogen (secondary N) is 3. The number of thiophene rings is 1. The van der Waals surface area contributed by atoms with Gasteiger partial charge in [-0.15, -0.1) is 21.5 Å². The van der Waals surface area contributed by atoms with Gasteiger partial charge in [0.1, 0.15) is 5.00 Å². The maximum Gasteiger partial charge on any atom is 0.254 e. The van der Waals surface area contributed by atoms with E-state index < -0.39 is 0 Å². The Morgan fingerprint density at radius 1 is 1.32 bits per heavy atom. The van der Waals surface area contributed by atoms with Gasteiger partial charge in [0.25, 0.3) is 5.91 Å². The summed E-state index contributed by atoms with van der Waals surface area (Å²) in [5, 5.41) is 19.3. The molecule has 116 valence electrons. The van der Waals surface area contributed by atoms with E-state index in [9.17, 15) is 9.59 Å². The summed E-state index contributed by atoms with van der Waals surface area (Å²) in [6.45, 7) is 0. The highest BCUT2D eigenvalue weighted by molar-refractivity contribution is 7.17. The summed E-state index contributed by atoms with van der Waals surface area (Å²) in [5.41, 5.74) is 1.68. The zero-order valence-corrected chi connectivity index (χ0v) is 12.9. The lowest BCUT2D eigenvalue weighted by molar-refractivity contribution is -0.115. The number of hydrogen-bond acceptors (Lipinski definition) is 6. The fourth-order valence-corrected chi connectivity index (χ4v) is 3.89. The largest absolute Gasteiger partial charge is 0.355 e. The van der Waals surface area contributed by atoms with E-state index in [1.807, 2.05) is 0 Å². The van der Waals surface area contributed by atoms with Gasteiger partial charge in [-0.05, 0) is 31.2 Å².